The second-order valence-corrected chi connectivity index (χ2v) is 7.30. The Morgan fingerprint density at radius 3 is 2.35 bits per heavy atom. The van der Waals surface area contributed by atoms with Crippen molar-refractivity contribution >= 4 is 22.3 Å². The maximum Gasteiger partial charge on any atom is 0.326 e. The van der Waals surface area contributed by atoms with Gasteiger partial charge < -0.3 is 9.47 Å². The number of methoxy groups -OCH3 is 2. The van der Waals surface area contributed by atoms with Crippen LogP contribution in [0.4, 0.5) is 0 Å². The maximum atomic E-state index is 12.2. The van der Waals surface area contributed by atoms with E-state index < -0.39 is 15.7 Å². The van der Waals surface area contributed by atoms with Gasteiger partial charge in [0, 0.05) is 6.07 Å². The minimum absolute atomic E-state index is 0.244. The van der Waals surface area contributed by atoms with Crippen LogP contribution < -0.4 is 19.3 Å². The summed E-state index contributed by atoms with van der Waals surface area (Å²) >= 11 is 0. The molecule has 140 valence electrons. The van der Waals surface area contributed by atoms with Crippen LogP contribution in [-0.4, -0.2) is 33.1 Å². The molecule has 0 aliphatic rings. The molecule has 7 nitrogen and oxygen atoms in total. The van der Waals surface area contributed by atoms with Crippen molar-refractivity contribution in [3.05, 3.63) is 57.5 Å². The first-order valence-corrected chi connectivity index (χ1v) is 9.44. The number of nitrogens with zero attached hydrogens (tertiary/aromatic N) is 1. The highest BCUT2D eigenvalue weighted by atomic mass is 32.2. The fourth-order valence-electron chi connectivity index (χ4n) is 2.21. The summed E-state index contributed by atoms with van der Waals surface area (Å²) in [5.41, 5.74) is 1.22. The van der Waals surface area contributed by atoms with Crippen molar-refractivity contribution in [3.8, 4) is 11.5 Å². The molecule has 0 aliphatic heterocycles. The fraction of sp³-hybridized carbons (Fsp3) is 0.278. The van der Waals surface area contributed by atoms with Crippen LogP contribution in [-0.2, 0) is 10.1 Å². The van der Waals surface area contributed by atoms with E-state index in [1.54, 1.807) is 50.5 Å². The molecule has 0 N–H and O–H groups in total. The van der Waals surface area contributed by atoms with Crippen LogP contribution >= 0.6 is 0 Å². The average Bonchev–Trinajstić information content (AvgIpc) is 2.62. The second kappa shape index (κ2) is 8.09. The number of benzene rings is 1. The van der Waals surface area contributed by atoms with Gasteiger partial charge in [0.1, 0.15) is 0 Å². The van der Waals surface area contributed by atoms with E-state index >= 15 is 0 Å². The third kappa shape index (κ3) is 4.66. The van der Waals surface area contributed by atoms with Gasteiger partial charge in [-0.05, 0) is 49.2 Å². The Labute approximate surface area is 152 Å². The Kier molecular flexibility index (Phi) is 6.10. The van der Waals surface area contributed by atoms with E-state index in [1.165, 1.54) is 20.1 Å². The fourth-order valence-corrected chi connectivity index (χ4v) is 2.71. The third-order valence-corrected chi connectivity index (χ3v) is 4.64. The first kappa shape index (κ1) is 19.6. The highest BCUT2D eigenvalue weighted by Crippen LogP contribution is 2.28. The quantitative estimate of drug-likeness (QED) is 0.733. The van der Waals surface area contributed by atoms with Crippen LogP contribution in [0.2, 0.25) is 0 Å². The van der Waals surface area contributed by atoms with Crippen molar-refractivity contribution in [1.82, 2.24) is 4.73 Å². The standard InChI is InChI=1S/C18H21NO6S/c1-5-26(21,22)25-19-15(10-13(2)11-18(19)20)8-6-14-7-9-16(23-3)17(12-14)24-4/h6-12H,5H2,1-4H3. The number of hydrogen-bond donors (Lipinski definition) is 0. The topological polar surface area (TPSA) is 83.8 Å². The number of rotatable bonds is 7. The van der Waals surface area contributed by atoms with E-state index in [9.17, 15) is 13.2 Å². The summed E-state index contributed by atoms with van der Waals surface area (Å²) in [4.78, 5) is 12.2. The molecule has 0 aliphatic carbocycles. The Morgan fingerprint density at radius 2 is 1.73 bits per heavy atom. The van der Waals surface area contributed by atoms with Crippen molar-refractivity contribution in [2.45, 2.75) is 13.8 Å². The lowest BCUT2D eigenvalue weighted by Gasteiger charge is -2.11. The summed E-state index contributed by atoms with van der Waals surface area (Å²) < 4.78 is 39.6. The Bertz CT molecular complexity index is 976. The lowest BCUT2D eigenvalue weighted by atomic mass is 10.1. The lowest BCUT2D eigenvalue weighted by Crippen LogP contribution is -2.33. The van der Waals surface area contributed by atoms with Crippen molar-refractivity contribution in [3.63, 3.8) is 0 Å². The van der Waals surface area contributed by atoms with Crippen LogP contribution in [0.15, 0.2) is 35.1 Å². The average molecular weight is 379 g/mol. The van der Waals surface area contributed by atoms with Crippen molar-refractivity contribution in [2.24, 2.45) is 0 Å². The first-order chi connectivity index (χ1) is 12.3. The number of aryl methyl sites for hydroxylation is 1. The molecule has 1 aromatic carbocycles. The van der Waals surface area contributed by atoms with Crippen molar-refractivity contribution < 1.29 is 22.2 Å². The van der Waals surface area contributed by atoms with Crippen LogP contribution in [0.25, 0.3) is 12.2 Å². The second-order valence-electron chi connectivity index (χ2n) is 5.46. The van der Waals surface area contributed by atoms with Crippen LogP contribution in [0.3, 0.4) is 0 Å². The van der Waals surface area contributed by atoms with E-state index in [-0.39, 0.29) is 5.75 Å². The van der Waals surface area contributed by atoms with Gasteiger partial charge in [-0.3, -0.25) is 9.08 Å². The first-order valence-electron chi connectivity index (χ1n) is 7.86. The number of aromatic nitrogens is 1. The molecular weight excluding hydrogens is 358 g/mol. The zero-order valence-corrected chi connectivity index (χ0v) is 15.9. The van der Waals surface area contributed by atoms with Crippen molar-refractivity contribution in [2.75, 3.05) is 20.0 Å². The number of ether oxygens (including phenoxy) is 2. The summed E-state index contributed by atoms with van der Waals surface area (Å²) in [6, 6.07) is 8.28. The molecule has 26 heavy (non-hydrogen) atoms. The zero-order valence-electron chi connectivity index (χ0n) is 15.1. The van der Waals surface area contributed by atoms with Gasteiger partial charge in [-0.1, -0.05) is 12.1 Å². The summed E-state index contributed by atoms with van der Waals surface area (Å²) in [6.45, 7) is 3.18. The molecule has 8 heteroatoms. The van der Waals surface area contributed by atoms with Gasteiger partial charge in [-0.15, -0.1) is 4.73 Å². The van der Waals surface area contributed by atoms with Gasteiger partial charge in [0.2, 0.25) is 0 Å². The summed E-state index contributed by atoms with van der Waals surface area (Å²) in [5, 5.41) is 0. The summed E-state index contributed by atoms with van der Waals surface area (Å²) in [7, 11) is -0.760. The molecular formula is C18H21NO6S. The molecule has 0 fully saturated rings. The smallest absolute Gasteiger partial charge is 0.326 e. The molecule has 2 rings (SSSR count). The zero-order chi connectivity index (χ0) is 19.3. The Balaban J connectivity index is 2.46. The van der Waals surface area contributed by atoms with E-state index in [1.807, 2.05) is 0 Å². The van der Waals surface area contributed by atoms with Crippen LogP contribution in [0, 0.1) is 6.92 Å². The molecule has 0 saturated heterocycles. The molecule has 0 saturated carbocycles. The summed E-state index contributed by atoms with van der Waals surface area (Å²) in [6.07, 6.45) is 3.31. The van der Waals surface area contributed by atoms with E-state index in [0.717, 1.165) is 10.3 Å². The highest BCUT2D eigenvalue weighted by Gasteiger charge is 2.13. The third-order valence-electron chi connectivity index (χ3n) is 3.56. The van der Waals surface area contributed by atoms with Crippen LogP contribution in [0.5, 0.6) is 11.5 Å². The lowest BCUT2D eigenvalue weighted by molar-refractivity contribution is 0.265. The minimum Gasteiger partial charge on any atom is -0.493 e. The molecule has 0 unspecified atom stereocenters. The molecule has 0 spiro atoms. The maximum absolute atomic E-state index is 12.2. The van der Waals surface area contributed by atoms with Gasteiger partial charge in [0.25, 0.3) is 5.56 Å². The Hall–Kier alpha value is -2.74. The molecule has 2 aromatic rings. The van der Waals surface area contributed by atoms with Gasteiger partial charge in [0.15, 0.2) is 11.5 Å². The molecule has 1 aromatic heterocycles. The molecule has 0 radical (unpaired) electrons. The van der Waals surface area contributed by atoms with Crippen molar-refractivity contribution in [1.29, 1.82) is 0 Å². The Morgan fingerprint density at radius 1 is 1.04 bits per heavy atom. The molecule has 0 bridgehead atoms. The largest absolute Gasteiger partial charge is 0.493 e. The van der Waals surface area contributed by atoms with E-state index in [0.29, 0.717) is 22.8 Å². The highest BCUT2D eigenvalue weighted by molar-refractivity contribution is 7.86. The molecule has 1 heterocycles. The number of pyridine rings is 1. The number of hydrogen-bond acceptors (Lipinski definition) is 6. The van der Waals surface area contributed by atoms with Crippen LogP contribution in [0.1, 0.15) is 23.7 Å². The molecule has 0 atom stereocenters. The predicted octanol–water partition coefficient (Wildman–Crippen LogP) is 2.12. The van der Waals surface area contributed by atoms with E-state index in [2.05, 4.69) is 0 Å². The predicted molar refractivity (Wildman–Crippen MR) is 100.0 cm³/mol. The van der Waals surface area contributed by atoms with Gasteiger partial charge in [-0.2, -0.15) is 8.42 Å². The van der Waals surface area contributed by atoms with Gasteiger partial charge in [0.05, 0.1) is 25.7 Å². The monoisotopic (exact) mass is 379 g/mol. The van der Waals surface area contributed by atoms with E-state index in [4.69, 9.17) is 13.8 Å². The van der Waals surface area contributed by atoms with Gasteiger partial charge in [-0.25, -0.2) is 0 Å². The normalized spacial score (nSPS) is 11.5. The van der Waals surface area contributed by atoms with Gasteiger partial charge >= 0.3 is 10.1 Å². The molecule has 0 amide bonds. The SMILES string of the molecule is CCS(=O)(=O)On1c(C=Cc2ccc(OC)c(OC)c2)cc(C)cc1=O. The summed E-state index contributed by atoms with van der Waals surface area (Å²) in [5.74, 6) is 0.905. The minimum atomic E-state index is -3.84.